The molecule has 9 heavy (non-hydrogen) atoms. The van der Waals surface area contributed by atoms with Gasteiger partial charge in [0.05, 0.1) is 6.10 Å². The predicted molar refractivity (Wildman–Crippen MR) is 35.9 cm³/mol. The van der Waals surface area contributed by atoms with Crippen molar-refractivity contribution in [2.45, 2.75) is 20.0 Å². The number of hydrogen-bond donors (Lipinski definition) is 1. The fraction of sp³-hybridized carbons (Fsp3) is 1.00. The van der Waals surface area contributed by atoms with Gasteiger partial charge >= 0.3 is 7.68 Å². The van der Waals surface area contributed by atoms with E-state index in [0.717, 1.165) is 6.66 Å². The minimum absolute atomic E-state index is 0. The molecule has 0 aromatic rings. The van der Waals surface area contributed by atoms with E-state index in [4.69, 9.17) is 0 Å². The van der Waals surface area contributed by atoms with Crippen LogP contribution in [0.3, 0.4) is 0 Å². The molecule has 0 aliphatic rings. The third kappa shape index (κ3) is 11.6. The van der Waals surface area contributed by atoms with E-state index in [-0.39, 0.29) is 12.3 Å². The monoisotopic (exact) mass is 157 g/mol. The minimum atomic E-state index is -3.72. The van der Waals surface area contributed by atoms with Crippen LogP contribution in [-0.2, 0) is 9.09 Å². The topological polar surface area (TPSA) is 61.3 Å². The first-order chi connectivity index (χ1) is 3.42. The molecule has 0 rings (SSSR count). The largest absolute Gasteiger partial charge is 0.364 e. The second kappa shape index (κ2) is 3.99. The van der Waals surface area contributed by atoms with Crippen molar-refractivity contribution in [1.29, 1.82) is 0 Å². The Bertz CT molecular complexity index is 111. The highest BCUT2D eigenvalue weighted by Gasteiger charge is 2.13. The van der Waals surface area contributed by atoms with E-state index in [1.165, 1.54) is 0 Å². The van der Waals surface area contributed by atoms with Gasteiger partial charge in [-0.25, -0.2) is 0 Å². The van der Waals surface area contributed by atoms with E-state index in [2.05, 4.69) is 4.52 Å². The summed E-state index contributed by atoms with van der Waals surface area (Å²) in [5.41, 5.74) is 0. The molecule has 0 saturated heterocycles. The van der Waals surface area contributed by atoms with Crippen molar-refractivity contribution in [1.82, 2.24) is 6.15 Å². The fourth-order valence-corrected chi connectivity index (χ4v) is 1.13. The van der Waals surface area contributed by atoms with Crippen molar-refractivity contribution in [3.8, 4) is 0 Å². The molecule has 0 spiro atoms. The summed E-state index contributed by atoms with van der Waals surface area (Å²) in [6.45, 7) is 4.22. The highest BCUT2D eigenvalue weighted by molar-refractivity contribution is 7.52. The van der Waals surface area contributed by atoms with Crippen LogP contribution in [0.15, 0.2) is 0 Å². The van der Waals surface area contributed by atoms with Gasteiger partial charge in [0.1, 0.15) is 0 Å². The van der Waals surface area contributed by atoms with Crippen LogP contribution in [0.5, 0.6) is 0 Å². The van der Waals surface area contributed by atoms with E-state index >= 15 is 0 Å². The molecule has 1 atom stereocenters. The Hall–Kier alpha value is 0.0800. The molecular formula is C4H13FNO2P. The van der Waals surface area contributed by atoms with Gasteiger partial charge in [-0.1, -0.05) is 0 Å². The zero-order chi connectivity index (χ0) is 6.78. The maximum absolute atomic E-state index is 12.0. The van der Waals surface area contributed by atoms with Crippen LogP contribution in [0.4, 0.5) is 4.20 Å². The summed E-state index contributed by atoms with van der Waals surface area (Å²) in [7, 11) is -3.72. The van der Waals surface area contributed by atoms with Gasteiger partial charge in [-0.3, -0.25) is 4.57 Å². The molecule has 0 saturated carbocycles. The average Bonchev–Trinajstić information content (AvgIpc) is 1.21. The lowest BCUT2D eigenvalue weighted by molar-refractivity contribution is 0.227. The Morgan fingerprint density at radius 1 is 1.56 bits per heavy atom. The smallest absolute Gasteiger partial charge is 0.344 e. The predicted octanol–water partition coefficient (Wildman–Crippen LogP) is 2.37. The van der Waals surface area contributed by atoms with Gasteiger partial charge in [-0.05, 0) is 13.8 Å². The van der Waals surface area contributed by atoms with Gasteiger partial charge in [0.15, 0.2) is 0 Å². The molecular weight excluding hydrogens is 144 g/mol. The average molecular weight is 157 g/mol. The Morgan fingerprint density at radius 3 is 1.89 bits per heavy atom. The quantitative estimate of drug-likeness (QED) is 0.626. The molecule has 3 nitrogen and oxygen atoms in total. The van der Waals surface area contributed by atoms with Crippen molar-refractivity contribution >= 4 is 7.68 Å². The van der Waals surface area contributed by atoms with Crippen LogP contribution in [0.25, 0.3) is 0 Å². The number of hydrogen-bond acceptors (Lipinski definition) is 3. The molecule has 0 aromatic heterocycles. The molecule has 3 N–H and O–H groups in total. The molecule has 0 aromatic carbocycles. The van der Waals surface area contributed by atoms with Crippen LogP contribution in [0.1, 0.15) is 13.8 Å². The van der Waals surface area contributed by atoms with Crippen molar-refractivity contribution in [2.75, 3.05) is 6.66 Å². The van der Waals surface area contributed by atoms with Crippen LogP contribution in [0.2, 0.25) is 0 Å². The summed E-state index contributed by atoms with van der Waals surface area (Å²) < 4.78 is 26.4. The van der Waals surface area contributed by atoms with Crippen molar-refractivity contribution in [3.63, 3.8) is 0 Å². The van der Waals surface area contributed by atoms with Crippen LogP contribution < -0.4 is 6.15 Å². The first kappa shape index (κ1) is 11.8. The summed E-state index contributed by atoms with van der Waals surface area (Å²) in [6.07, 6.45) is -0.296. The van der Waals surface area contributed by atoms with Crippen LogP contribution in [-0.4, -0.2) is 12.8 Å². The SMILES string of the molecule is CC(C)OP(C)(=O)F.N. The summed E-state index contributed by atoms with van der Waals surface area (Å²) in [5.74, 6) is 0. The van der Waals surface area contributed by atoms with E-state index in [9.17, 15) is 8.76 Å². The summed E-state index contributed by atoms with van der Waals surface area (Å²) in [4.78, 5) is 0. The Balaban J connectivity index is 0. The lowest BCUT2D eigenvalue weighted by atomic mass is 10.5. The second-order valence-corrected chi connectivity index (χ2v) is 3.61. The molecule has 0 heterocycles. The normalized spacial score (nSPS) is 16.6. The van der Waals surface area contributed by atoms with Crippen molar-refractivity contribution in [3.05, 3.63) is 0 Å². The summed E-state index contributed by atoms with van der Waals surface area (Å²) in [6, 6.07) is 0. The third-order valence-electron chi connectivity index (χ3n) is 0.399. The van der Waals surface area contributed by atoms with Gasteiger partial charge in [0.25, 0.3) is 0 Å². The maximum Gasteiger partial charge on any atom is 0.364 e. The fourth-order valence-electron chi connectivity index (χ4n) is 0.377. The molecule has 0 bridgehead atoms. The van der Waals surface area contributed by atoms with Gasteiger partial charge in [0, 0.05) is 6.66 Å². The van der Waals surface area contributed by atoms with Crippen LogP contribution in [0, 0.1) is 0 Å². The Labute approximate surface area is 54.7 Å². The second-order valence-electron chi connectivity index (χ2n) is 1.90. The molecule has 0 aliphatic carbocycles. The third-order valence-corrected chi connectivity index (χ3v) is 1.20. The zero-order valence-corrected chi connectivity index (χ0v) is 6.82. The Kier molecular flexibility index (Phi) is 5.24. The first-order valence-electron chi connectivity index (χ1n) is 2.37. The van der Waals surface area contributed by atoms with E-state index in [0.29, 0.717) is 0 Å². The van der Waals surface area contributed by atoms with Crippen molar-refractivity contribution in [2.24, 2.45) is 0 Å². The van der Waals surface area contributed by atoms with Gasteiger partial charge in [0.2, 0.25) is 0 Å². The summed E-state index contributed by atoms with van der Waals surface area (Å²) in [5, 5.41) is 0. The highest BCUT2D eigenvalue weighted by atomic mass is 31.2. The molecule has 58 valence electrons. The number of halogens is 1. The molecule has 1 unspecified atom stereocenters. The molecule has 0 fully saturated rings. The lowest BCUT2D eigenvalue weighted by Gasteiger charge is -2.06. The minimum Gasteiger partial charge on any atom is -0.344 e. The van der Waals surface area contributed by atoms with E-state index < -0.39 is 7.68 Å². The van der Waals surface area contributed by atoms with Crippen molar-refractivity contribution < 1.29 is 13.3 Å². The van der Waals surface area contributed by atoms with E-state index in [1.807, 2.05) is 0 Å². The maximum atomic E-state index is 12.0. The Morgan fingerprint density at radius 2 is 1.89 bits per heavy atom. The first-order valence-corrected chi connectivity index (χ1v) is 4.33. The molecule has 0 aliphatic heterocycles. The summed E-state index contributed by atoms with van der Waals surface area (Å²) >= 11 is 0. The standard InChI is InChI=1S/C4H10FO2P.H3N/c1-4(2)7-8(3,5)6;/h4H,1-3H3;1H3. The van der Waals surface area contributed by atoms with E-state index in [1.54, 1.807) is 13.8 Å². The molecule has 5 heteroatoms. The highest BCUT2D eigenvalue weighted by Crippen LogP contribution is 2.44. The lowest BCUT2D eigenvalue weighted by Crippen LogP contribution is -1.96. The molecule has 0 radical (unpaired) electrons. The van der Waals surface area contributed by atoms with Gasteiger partial charge < -0.3 is 10.7 Å². The van der Waals surface area contributed by atoms with Gasteiger partial charge in [-0.15, -0.1) is 0 Å². The molecule has 0 amide bonds. The number of rotatable bonds is 2. The van der Waals surface area contributed by atoms with Crippen LogP contribution >= 0.6 is 7.68 Å². The zero-order valence-electron chi connectivity index (χ0n) is 5.93. The van der Waals surface area contributed by atoms with Gasteiger partial charge in [-0.2, -0.15) is 4.20 Å².